The lowest BCUT2D eigenvalue weighted by molar-refractivity contribution is -0.384. The van der Waals surface area contributed by atoms with Crippen molar-refractivity contribution in [1.29, 1.82) is 0 Å². The van der Waals surface area contributed by atoms with E-state index in [1.54, 1.807) is 18.2 Å². The maximum Gasteiger partial charge on any atom is 0.317 e. The molecular formula is C21H18N2O5S. The molecule has 8 heteroatoms. The number of hydrogen-bond donors (Lipinski definition) is 1. The number of fused-ring (bicyclic) bond motifs is 1. The van der Waals surface area contributed by atoms with E-state index in [1.807, 2.05) is 36.4 Å². The maximum atomic E-state index is 12.3. The van der Waals surface area contributed by atoms with E-state index in [0.29, 0.717) is 10.6 Å². The van der Waals surface area contributed by atoms with Crippen molar-refractivity contribution in [2.75, 3.05) is 11.1 Å². The SMILES string of the molecule is C[C@H](OC(=O)CSc1ccc([N+](=O)[O-])cc1)C(=O)Nc1ccc2ccccc2c1. The zero-order chi connectivity index (χ0) is 20.8. The van der Waals surface area contributed by atoms with E-state index in [0.717, 1.165) is 10.8 Å². The molecule has 29 heavy (non-hydrogen) atoms. The molecule has 0 heterocycles. The van der Waals surface area contributed by atoms with Gasteiger partial charge in [-0.2, -0.15) is 0 Å². The van der Waals surface area contributed by atoms with Crippen LogP contribution in [0.25, 0.3) is 10.8 Å². The van der Waals surface area contributed by atoms with Gasteiger partial charge in [0.15, 0.2) is 6.10 Å². The number of carbonyl (C=O) groups excluding carboxylic acids is 2. The first-order valence-electron chi connectivity index (χ1n) is 8.79. The van der Waals surface area contributed by atoms with Crippen LogP contribution in [0, 0.1) is 10.1 Å². The van der Waals surface area contributed by atoms with E-state index in [1.165, 1.54) is 30.8 Å². The number of carbonyl (C=O) groups is 2. The van der Waals surface area contributed by atoms with Gasteiger partial charge >= 0.3 is 5.97 Å². The number of ether oxygens (including phenoxy) is 1. The van der Waals surface area contributed by atoms with E-state index >= 15 is 0 Å². The molecule has 0 saturated carbocycles. The molecule has 7 nitrogen and oxygen atoms in total. The summed E-state index contributed by atoms with van der Waals surface area (Å²) in [6, 6.07) is 19.2. The van der Waals surface area contributed by atoms with Crippen molar-refractivity contribution in [3.8, 4) is 0 Å². The van der Waals surface area contributed by atoms with Gasteiger partial charge in [0.25, 0.3) is 11.6 Å². The van der Waals surface area contributed by atoms with Crippen LogP contribution in [0.15, 0.2) is 71.6 Å². The molecular weight excluding hydrogens is 392 g/mol. The average molecular weight is 410 g/mol. The molecule has 3 aromatic carbocycles. The number of nitro benzene ring substituents is 1. The first kappa shape index (κ1) is 20.3. The number of benzene rings is 3. The summed E-state index contributed by atoms with van der Waals surface area (Å²) in [5.74, 6) is -0.978. The molecule has 0 saturated heterocycles. The van der Waals surface area contributed by atoms with Crippen molar-refractivity contribution in [3.05, 3.63) is 76.8 Å². The summed E-state index contributed by atoms with van der Waals surface area (Å²) in [7, 11) is 0. The summed E-state index contributed by atoms with van der Waals surface area (Å²) in [4.78, 5) is 35.2. The zero-order valence-corrected chi connectivity index (χ0v) is 16.3. The Morgan fingerprint density at radius 1 is 1.07 bits per heavy atom. The Hall–Kier alpha value is -3.39. The van der Waals surface area contributed by atoms with Crippen LogP contribution < -0.4 is 5.32 Å². The zero-order valence-electron chi connectivity index (χ0n) is 15.5. The number of thioether (sulfide) groups is 1. The molecule has 1 N–H and O–H groups in total. The van der Waals surface area contributed by atoms with E-state index in [9.17, 15) is 19.7 Å². The van der Waals surface area contributed by atoms with Gasteiger partial charge < -0.3 is 10.1 Å². The minimum absolute atomic E-state index is 0.00853. The molecule has 3 aromatic rings. The Kier molecular flexibility index (Phi) is 6.46. The third kappa shape index (κ3) is 5.55. The highest BCUT2D eigenvalue weighted by Crippen LogP contribution is 2.22. The monoisotopic (exact) mass is 410 g/mol. The predicted molar refractivity (Wildman–Crippen MR) is 112 cm³/mol. The third-order valence-electron chi connectivity index (χ3n) is 4.10. The minimum atomic E-state index is -0.952. The molecule has 0 bridgehead atoms. The average Bonchev–Trinajstić information content (AvgIpc) is 2.72. The van der Waals surface area contributed by atoms with Crippen LogP contribution in [-0.2, 0) is 14.3 Å². The lowest BCUT2D eigenvalue weighted by atomic mass is 10.1. The van der Waals surface area contributed by atoms with Crippen molar-refractivity contribution in [2.24, 2.45) is 0 Å². The Bertz CT molecular complexity index is 1050. The van der Waals surface area contributed by atoms with Gasteiger partial charge in [-0.25, -0.2) is 0 Å². The first-order valence-corrected chi connectivity index (χ1v) is 9.77. The van der Waals surface area contributed by atoms with Gasteiger partial charge in [0.2, 0.25) is 0 Å². The number of nitrogens with one attached hydrogen (secondary N) is 1. The number of rotatable bonds is 7. The van der Waals surface area contributed by atoms with Crippen molar-refractivity contribution in [3.63, 3.8) is 0 Å². The Morgan fingerprint density at radius 2 is 1.76 bits per heavy atom. The number of non-ortho nitro benzene ring substituents is 1. The lowest BCUT2D eigenvalue weighted by Gasteiger charge is -2.14. The highest BCUT2D eigenvalue weighted by atomic mass is 32.2. The number of nitro groups is 1. The molecule has 0 unspecified atom stereocenters. The maximum absolute atomic E-state index is 12.3. The quantitative estimate of drug-likeness (QED) is 0.268. The lowest BCUT2D eigenvalue weighted by Crippen LogP contribution is -2.30. The summed E-state index contributed by atoms with van der Waals surface area (Å²) in [6.07, 6.45) is -0.952. The standard InChI is InChI=1S/C21H18N2O5S/c1-14(21(25)22-17-7-6-15-4-2-3-5-16(15)12-17)28-20(24)13-29-19-10-8-18(9-11-19)23(26)27/h2-12,14H,13H2,1H3,(H,22,25)/t14-/m0/s1. The fourth-order valence-corrected chi connectivity index (χ4v) is 3.28. The first-order chi connectivity index (χ1) is 13.9. The van der Waals surface area contributed by atoms with E-state index in [-0.39, 0.29) is 11.4 Å². The van der Waals surface area contributed by atoms with Crippen LogP contribution in [0.4, 0.5) is 11.4 Å². The van der Waals surface area contributed by atoms with Crippen molar-refractivity contribution in [1.82, 2.24) is 0 Å². The van der Waals surface area contributed by atoms with Crippen LogP contribution in [0.2, 0.25) is 0 Å². The number of esters is 1. The van der Waals surface area contributed by atoms with Gasteiger partial charge in [-0.15, -0.1) is 11.8 Å². The highest BCUT2D eigenvalue weighted by Gasteiger charge is 2.18. The predicted octanol–water partition coefficient (Wildman–Crippen LogP) is 4.41. The summed E-state index contributed by atoms with van der Waals surface area (Å²) in [6.45, 7) is 1.50. The summed E-state index contributed by atoms with van der Waals surface area (Å²) < 4.78 is 5.18. The Labute approximate surface area is 171 Å². The Morgan fingerprint density at radius 3 is 2.45 bits per heavy atom. The second-order valence-corrected chi connectivity index (χ2v) is 7.27. The number of anilines is 1. The molecule has 0 aromatic heterocycles. The topological polar surface area (TPSA) is 98.5 Å². The molecule has 1 amide bonds. The summed E-state index contributed by atoms with van der Waals surface area (Å²) in [5, 5.41) is 15.4. The second-order valence-electron chi connectivity index (χ2n) is 6.22. The molecule has 0 aliphatic heterocycles. The van der Waals surface area contributed by atoms with Gasteiger partial charge in [0, 0.05) is 22.7 Å². The molecule has 0 fully saturated rings. The molecule has 0 aliphatic carbocycles. The van der Waals surface area contributed by atoms with E-state index < -0.39 is 22.9 Å². The second kappa shape index (κ2) is 9.20. The fraction of sp³-hybridized carbons (Fsp3) is 0.143. The van der Waals surface area contributed by atoms with Crippen LogP contribution in [-0.4, -0.2) is 28.7 Å². The van der Waals surface area contributed by atoms with Gasteiger partial charge in [-0.05, 0) is 42.0 Å². The van der Waals surface area contributed by atoms with E-state index in [2.05, 4.69) is 5.32 Å². The minimum Gasteiger partial charge on any atom is -0.452 e. The van der Waals surface area contributed by atoms with E-state index in [4.69, 9.17) is 4.74 Å². The molecule has 0 spiro atoms. The molecule has 1 atom stereocenters. The number of hydrogen-bond acceptors (Lipinski definition) is 6. The summed E-state index contributed by atoms with van der Waals surface area (Å²) >= 11 is 1.18. The van der Waals surface area contributed by atoms with Gasteiger partial charge in [0.1, 0.15) is 0 Å². The highest BCUT2D eigenvalue weighted by molar-refractivity contribution is 8.00. The van der Waals surface area contributed by atoms with Crippen LogP contribution >= 0.6 is 11.8 Å². The molecule has 0 radical (unpaired) electrons. The summed E-state index contributed by atoms with van der Waals surface area (Å²) in [5.41, 5.74) is 0.604. The van der Waals surface area contributed by atoms with Crippen LogP contribution in [0.5, 0.6) is 0 Å². The molecule has 3 rings (SSSR count). The molecule has 0 aliphatic rings. The van der Waals surface area contributed by atoms with Crippen molar-refractivity contribution >= 4 is 45.8 Å². The van der Waals surface area contributed by atoms with Gasteiger partial charge in [-0.1, -0.05) is 30.3 Å². The Balaban J connectivity index is 1.50. The molecule has 148 valence electrons. The van der Waals surface area contributed by atoms with Crippen molar-refractivity contribution < 1.29 is 19.2 Å². The number of nitrogens with zero attached hydrogens (tertiary/aromatic N) is 1. The fourth-order valence-electron chi connectivity index (χ4n) is 2.60. The normalized spacial score (nSPS) is 11.6. The van der Waals surface area contributed by atoms with Gasteiger partial charge in [0.05, 0.1) is 10.7 Å². The van der Waals surface area contributed by atoms with Crippen molar-refractivity contribution in [2.45, 2.75) is 17.9 Å². The van der Waals surface area contributed by atoms with Crippen LogP contribution in [0.3, 0.4) is 0 Å². The van der Waals surface area contributed by atoms with Gasteiger partial charge in [-0.3, -0.25) is 19.7 Å². The third-order valence-corrected chi connectivity index (χ3v) is 5.08. The number of amides is 1. The van der Waals surface area contributed by atoms with Crippen LogP contribution in [0.1, 0.15) is 6.92 Å². The largest absolute Gasteiger partial charge is 0.452 e. The smallest absolute Gasteiger partial charge is 0.317 e.